The van der Waals surface area contributed by atoms with Gasteiger partial charge >= 0.3 is 0 Å². The number of carbonyl (C=O) groups excluding carboxylic acids is 3. The highest BCUT2D eigenvalue weighted by molar-refractivity contribution is 7.99. The van der Waals surface area contributed by atoms with Crippen LogP contribution < -0.4 is 15.4 Å². The van der Waals surface area contributed by atoms with E-state index in [9.17, 15) is 14.4 Å². The predicted octanol–water partition coefficient (Wildman–Crippen LogP) is 2.53. The number of rotatable bonds is 8. The summed E-state index contributed by atoms with van der Waals surface area (Å²) in [5.41, 5.74) is 2.54. The first-order chi connectivity index (χ1) is 17.5. The molecule has 2 heterocycles. The maximum atomic E-state index is 12.6. The van der Waals surface area contributed by atoms with E-state index in [1.54, 1.807) is 19.2 Å². The molecule has 1 aliphatic rings. The number of nitrogens with one attached hydrogen (secondary N) is 2. The minimum absolute atomic E-state index is 0.0316. The summed E-state index contributed by atoms with van der Waals surface area (Å²) in [6, 6.07) is 15.9. The Hall–Kier alpha value is -3.92. The maximum absolute atomic E-state index is 12.6. The fourth-order valence-corrected chi connectivity index (χ4v) is 4.55. The van der Waals surface area contributed by atoms with Gasteiger partial charge in [-0.05, 0) is 35.4 Å². The quantitative estimate of drug-likeness (QED) is 0.484. The van der Waals surface area contributed by atoms with Crippen LogP contribution in [0.3, 0.4) is 0 Å². The van der Waals surface area contributed by atoms with E-state index < -0.39 is 11.8 Å². The highest BCUT2D eigenvalue weighted by atomic mass is 32.2. The van der Waals surface area contributed by atoms with Crippen molar-refractivity contribution in [2.24, 2.45) is 0 Å². The number of amides is 3. The number of benzene rings is 2. The highest BCUT2D eigenvalue weighted by Gasteiger charge is 2.18. The lowest BCUT2D eigenvalue weighted by Gasteiger charge is -2.26. The largest absolute Gasteiger partial charge is 0.497 e. The van der Waals surface area contributed by atoms with Crippen molar-refractivity contribution in [1.82, 2.24) is 25.5 Å². The number of ether oxygens (including phenoxy) is 1. The second-order valence-corrected chi connectivity index (χ2v) is 9.33. The molecule has 0 spiro atoms. The van der Waals surface area contributed by atoms with E-state index in [1.165, 1.54) is 12.4 Å². The van der Waals surface area contributed by atoms with Gasteiger partial charge in [0.05, 0.1) is 7.11 Å². The van der Waals surface area contributed by atoms with Crippen molar-refractivity contribution < 1.29 is 19.1 Å². The molecule has 186 valence electrons. The Morgan fingerprint density at radius 3 is 2.17 bits per heavy atom. The summed E-state index contributed by atoms with van der Waals surface area (Å²) in [5.74, 6) is 1.82. The van der Waals surface area contributed by atoms with E-state index in [0.29, 0.717) is 11.3 Å². The number of methoxy groups -OCH3 is 1. The molecule has 0 unspecified atom stereocenters. The summed E-state index contributed by atoms with van der Waals surface area (Å²) in [5, 5.41) is 5.57. The molecule has 9 nitrogen and oxygen atoms in total. The fraction of sp³-hybridized carbons (Fsp3) is 0.269. The Balaban J connectivity index is 1.30. The van der Waals surface area contributed by atoms with Crippen LogP contribution >= 0.6 is 11.8 Å². The van der Waals surface area contributed by atoms with Crippen LogP contribution in [0, 0.1) is 0 Å². The summed E-state index contributed by atoms with van der Waals surface area (Å²) in [4.78, 5) is 47.6. The number of carbonyl (C=O) groups is 3. The Morgan fingerprint density at radius 1 is 0.889 bits per heavy atom. The first kappa shape index (κ1) is 25.2. The molecular weight excluding hydrogens is 478 g/mol. The van der Waals surface area contributed by atoms with Gasteiger partial charge in [-0.3, -0.25) is 14.4 Å². The smallest absolute Gasteiger partial charge is 0.270 e. The van der Waals surface area contributed by atoms with E-state index >= 15 is 0 Å². The molecule has 3 aromatic rings. The number of aromatic nitrogens is 2. The zero-order chi connectivity index (χ0) is 25.3. The van der Waals surface area contributed by atoms with Crippen LogP contribution in [0.15, 0.2) is 60.9 Å². The first-order valence-electron chi connectivity index (χ1n) is 11.5. The first-order valence-corrected chi connectivity index (χ1v) is 12.7. The molecule has 2 N–H and O–H groups in total. The molecule has 10 heteroatoms. The monoisotopic (exact) mass is 505 g/mol. The number of thioether (sulfide) groups is 1. The Labute approximate surface area is 213 Å². The lowest BCUT2D eigenvalue weighted by atomic mass is 10.1. The molecule has 1 aromatic heterocycles. The van der Waals surface area contributed by atoms with E-state index in [0.717, 1.165) is 35.7 Å². The number of hydrogen-bond donors (Lipinski definition) is 2. The second-order valence-electron chi connectivity index (χ2n) is 8.11. The predicted molar refractivity (Wildman–Crippen MR) is 137 cm³/mol. The van der Waals surface area contributed by atoms with Crippen molar-refractivity contribution in [1.29, 1.82) is 0 Å². The van der Waals surface area contributed by atoms with Crippen LogP contribution in [0.4, 0.5) is 0 Å². The van der Waals surface area contributed by atoms with Crippen molar-refractivity contribution in [2.45, 2.75) is 13.1 Å². The molecule has 1 aliphatic heterocycles. The van der Waals surface area contributed by atoms with Gasteiger partial charge in [-0.25, -0.2) is 9.97 Å². The maximum Gasteiger partial charge on any atom is 0.270 e. The van der Waals surface area contributed by atoms with Gasteiger partial charge in [0.1, 0.15) is 23.5 Å². The van der Waals surface area contributed by atoms with Crippen molar-refractivity contribution >= 4 is 29.5 Å². The normalized spacial score (nSPS) is 13.1. The Bertz CT molecular complexity index is 1230. The highest BCUT2D eigenvalue weighted by Crippen LogP contribution is 2.14. The lowest BCUT2D eigenvalue weighted by molar-refractivity contribution is 0.0771. The van der Waals surface area contributed by atoms with E-state index in [2.05, 4.69) is 20.6 Å². The van der Waals surface area contributed by atoms with Crippen molar-refractivity contribution in [3.05, 3.63) is 89.0 Å². The Kier molecular flexibility index (Phi) is 8.51. The molecule has 4 rings (SSSR count). The zero-order valence-corrected chi connectivity index (χ0v) is 20.7. The fourth-order valence-electron chi connectivity index (χ4n) is 3.65. The number of nitrogens with zero attached hydrogens (tertiary/aromatic N) is 3. The molecule has 0 saturated carbocycles. The van der Waals surface area contributed by atoms with Gasteiger partial charge in [0.2, 0.25) is 0 Å². The Morgan fingerprint density at radius 2 is 1.53 bits per heavy atom. The van der Waals surface area contributed by atoms with Gasteiger partial charge in [0.15, 0.2) is 0 Å². The molecule has 2 aromatic carbocycles. The topological polar surface area (TPSA) is 114 Å². The van der Waals surface area contributed by atoms with Crippen LogP contribution in [-0.2, 0) is 13.1 Å². The van der Waals surface area contributed by atoms with Gasteiger partial charge < -0.3 is 20.3 Å². The summed E-state index contributed by atoms with van der Waals surface area (Å²) in [7, 11) is 1.58. The summed E-state index contributed by atoms with van der Waals surface area (Å²) >= 11 is 1.86. The minimum Gasteiger partial charge on any atom is -0.497 e. The van der Waals surface area contributed by atoms with E-state index in [4.69, 9.17) is 4.74 Å². The van der Waals surface area contributed by atoms with Crippen LogP contribution in [-0.4, -0.2) is 64.3 Å². The van der Waals surface area contributed by atoms with Crippen LogP contribution in [0.5, 0.6) is 5.75 Å². The number of hydrogen-bond acceptors (Lipinski definition) is 7. The van der Waals surface area contributed by atoms with Crippen molar-refractivity contribution in [3.8, 4) is 5.75 Å². The van der Waals surface area contributed by atoms with Gasteiger partial charge in [-0.1, -0.05) is 24.3 Å². The average molecular weight is 506 g/mol. The van der Waals surface area contributed by atoms with Crippen LogP contribution in [0.2, 0.25) is 0 Å². The van der Waals surface area contributed by atoms with Gasteiger partial charge in [-0.2, -0.15) is 11.8 Å². The average Bonchev–Trinajstić information content (AvgIpc) is 2.95. The van der Waals surface area contributed by atoms with Crippen LogP contribution in [0.1, 0.15) is 42.5 Å². The molecule has 1 fully saturated rings. The summed E-state index contributed by atoms with van der Waals surface area (Å²) < 4.78 is 5.19. The molecule has 1 saturated heterocycles. The molecule has 0 aliphatic carbocycles. The molecule has 3 amide bonds. The summed E-state index contributed by atoms with van der Waals surface area (Å²) in [6.07, 6.45) is 1.19. The summed E-state index contributed by atoms with van der Waals surface area (Å²) in [6.45, 7) is 2.08. The van der Waals surface area contributed by atoms with Gasteiger partial charge in [0.25, 0.3) is 17.7 Å². The van der Waals surface area contributed by atoms with E-state index in [1.807, 2.05) is 53.1 Å². The van der Waals surface area contributed by atoms with E-state index in [-0.39, 0.29) is 30.4 Å². The van der Waals surface area contributed by atoms with Gasteiger partial charge in [0, 0.05) is 49.3 Å². The minimum atomic E-state index is -0.426. The third kappa shape index (κ3) is 6.60. The van der Waals surface area contributed by atoms with Crippen molar-refractivity contribution in [2.75, 3.05) is 31.7 Å². The zero-order valence-electron chi connectivity index (χ0n) is 19.9. The van der Waals surface area contributed by atoms with Gasteiger partial charge in [-0.15, -0.1) is 0 Å². The molecular formula is C26H27N5O4S. The second kappa shape index (κ2) is 12.2. The lowest BCUT2D eigenvalue weighted by Crippen LogP contribution is -2.37. The van der Waals surface area contributed by atoms with Crippen molar-refractivity contribution in [3.63, 3.8) is 0 Å². The molecule has 0 radical (unpaired) electrons. The SMILES string of the molecule is COc1cccc(CNC(=O)c2cc(C(=O)NCc3ccc(C(=O)N4CCSCC4)cc3)ncn2)c1. The molecule has 36 heavy (non-hydrogen) atoms. The molecule has 0 atom stereocenters. The molecule has 0 bridgehead atoms. The van der Waals surface area contributed by atoms with Crippen LogP contribution in [0.25, 0.3) is 0 Å². The third-order valence-electron chi connectivity index (χ3n) is 5.67. The third-order valence-corrected chi connectivity index (χ3v) is 6.61. The standard InChI is InChI=1S/C26H27N5O4S/c1-35-21-4-2-3-19(13-21)16-28-25(33)23-14-22(29-17-30-23)24(32)27-15-18-5-7-20(8-6-18)26(34)31-9-11-36-12-10-31/h2-8,13-14,17H,9-12,15-16H2,1H3,(H,27,32)(H,28,33).